The predicted octanol–water partition coefficient (Wildman–Crippen LogP) is 7.19. The molecule has 0 atom stereocenters. The first-order chi connectivity index (χ1) is 58.2. The second kappa shape index (κ2) is 23.9. The van der Waals surface area contributed by atoms with E-state index in [9.17, 15) is 96.2 Å². The number of hydrogen-bond donors (Lipinski definition) is 7. The average Bonchev–Trinajstić information content (AvgIpc) is 0.563. The van der Waals surface area contributed by atoms with E-state index in [4.69, 9.17) is 9.47 Å². The monoisotopic (exact) mass is 1690 g/mol. The largest absolute Gasteiger partial charge is 0.482 e. The Morgan fingerprint density at radius 1 is 0.451 bits per heavy atom. The van der Waals surface area contributed by atoms with Gasteiger partial charge in [0.2, 0.25) is 0 Å². The zero-order valence-corrected chi connectivity index (χ0v) is 63.8. The van der Waals surface area contributed by atoms with Crippen molar-refractivity contribution in [3.05, 3.63) is 182 Å². The van der Waals surface area contributed by atoms with E-state index >= 15 is 0 Å². The van der Waals surface area contributed by atoms with Crippen LogP contribution in [0.15, 0.2) is 91.4 Å². The van der Waals surface area contributed by atoms with Crippen LogP contribution in [0.5, 0.6) is 5.75 Å². The zero-order chi connectivity index (χ0) is 84.9. The Balaban J connectivity index is 0.000000106. The minimum atomic E-state index is -4.91. The highest BCUT2D eigenvalue weighted by Gasteiger charge is 3.13. The predicted molar refractivity (Wildman–Crippen MR) is 388 cm³/mol. The van der Waals surface area contributed by atoms with E-state index in [1.807, 2.05) is 6.92 Å². The molecule has 19 aliphatic rings. The molecule has 7 amide bonds. The smallest absolute Gasteiger partial charge is 0.419 e. The Hall–Kier alpha value is -12.4. The molecule has 18 fully saturated rings. The van der Waals surface area contributed by atoms with Crippen molar-refractivity contribution < 1.29 is 106 Å². The number of alkyl halides is 6. The van der Waals surface area contributed by atoms with Crippen LogP contribution in [0.3, 0.4) is 0 Å². The molecule has 3 aromatic carbocycles. The summed E-state index contributed by atoms with van der Waals surface area (Å²) in [6, 6.07) is 13.4. The first-order valence-electron chi connectivity index (χ1n) is 39.9. The highest BCUT2D eigenvalue weighted by Crippen LogP contribution is 3.12. The molecule has 0 radical (unpaired) electrons. The summed E-state index contributed by atoms with van der Waals surface area (Å²) in [5.74, 6) is -0.533. The van der Waals surface area contributed by atoms with Crippen molar-refractivity contribution in [3.8, 4) is 5.75 Å². The molecule has 6 aromatic heterocycles. The van der Waals surface area contributed by atoms with Crippen LogP contribution in [0, 0.1) is 168 Å². The number of esters is 1. The molecular weight excluding hydrogens is 1620 g/mol. The molecule has 0 unspecified atom stereocenters. The fourth-order valence-electron chi connectivity index (χ4n) is 28.9. The van der Waals surface area contributed by atoms with E-state index < -0.39 is 101 Å². The summed E-state index contributed by atoms with van der Waals surface area (Å²) in [6.45, 7) is 4.17. The number of nitrogens with one attached hydrogen (secondary N) is 7. The van der Waals surface area contributed by atoms with Crippen LogP contribution in [-0.2, 0) is 55.9 Å². The summed E-state index contributed by atoms with van der Waals surface area (Å²) >= 11 is 0. The molecule has 122 heavy (non-hydrogen) atoms. The van der Waals surface area contributed by atoms with Gasteiger partial charge >= 0.3 is 18.3 Å². The molecule has 28 nitrogen and oxygen atoms in total. The van der Waals surface area contributed by atoms with Gasteiger partial charge in [0, 0.05) is 74.7 Å². The lowest BCUT2D eigenvalue weighted by Crippen LogP contribution is -3.11. The number of aromatic nitrogens is 9. The van der Waals surface area contributed by atoms with E-state index in [0.717, 1.165) is 56.4 Å². The number of ketones is 2. The number of Topliss-reactive ketones (excluding diaryl/α,β-unsaturated/α-hetero) is 2. The quantitative estimate of drug-likeness (QED) is 0.0261. The molecule has 18 aliphatic carbocycles. The molecule has 0 bridgehead atoms. The maximum absolute atomic E-state index is 14.5. The van der Waals surface area contributed by atoms with Crippen molar-refractivity contribution >= 4 is 81.5 Å². The number of nitrogens with zero attached hydrogens (tertiary/aromatic N) is 9. The normalized spacial score (nSPS) is 34.8. The van der Waals surface area contributed by atoms with Gasteiger partial charge in [-0.3, -0.25) is 47.9 Å². The number of benzene rings is 3. The lowest BCUT2D eigenvalue weighted by Gasteiger charge is -3.11. The first kappa shape index (κ1) is 74.7. The molecule has 626 valence electrons. The molecule has 0 saturated heterocycles. The summed E-state index contributed by atoms with van der Waals surface area (Å²) in [5.41, 5.74) is -4.08. The highest BCUT2D eigenvalue weighted by atomic mass is 19.4. The average molecular weight is 1690 g/mol. The van der Waals surface area contributed by atoms with Crippen LogP contribution in [0.2, 0.25) is 0 Å². The number of carbonyl (C=O) groups is 10. The molecular formula is C83H65F11N16O12. The molecule has 7 heterocycles. The van der Waals surface area contributed by atoms with Crippen LogP contribution in [0.25, 0.3) is 16.9 Å². The molecule has 39 heteroatoms. The topological polar surface area (TPSA) is 364 Å². The number of anilines is 1. The van der Waals surface area contributed by atoms with E-state index in [-0.39, 0.29) is 120 Å². The van der Waals surface area contributed by atoms with Crippen molar-refractivity contribution in [3.63, 3.8) is 0 Å². The molecule has 18 saturated carbocycles. The maximum atomic E-state index is 14.5. The lowest BCUT2D eigenvalue weighted by molar-refractivity contribution is -0.641. The summed E-state index contributed by atoms with van der Waals surface area (Å²) in [4.78, 5) is 139. The van der Waals surface area contributed by atoms with E-state index in [1.165, 1.54) is 13.2 Å². The minimum Gasteiger partial charge on any atom is -0.482 e. The molecule has 9 aromatic rings. The lowest BCUT2D eigenvalue weighted by atomic mass is 8.92. The van der Waals surface area contributed by atoms with E-state index in [2.05, 4.69) is 67.5 Å². The maximum Gasteiger partial charge on any atom is 0.419 e. The Bertz CT molecular complexity index is 6280. The fourth-order valence-corrected chi connectivity index (χ4v) is 28.9. The summed E-state index contributed by atoms with van der Waals surface area (Å²) in [6.07, 6.45) is -6.58. The summed E-state index contributed by atoms with van der Waals surface area (Å²) in [5, 5.41) is 30.8. The van der Waals surface area contributed by atoms with Gasteiger partial charge in [-0.05, 0) is 183 Å². The SMILES string of the molecule is CC(=O)C12C3C4C1C1C2C3C41CNC(=O)c1cc(C(=O)NCc2ccc(F)c(C(F)(F)F)c2)nc2c(F)cnn12.CCC(=O)C12C3C4C1C1C2C3C41CNC(=O)c1cc(C(=O)NCc2ccc(F)c(C(F)(F)F)c2)nc2c(F)cnn12.COC(=O)C12C3C4C1C1C2C3C41CNC(=O)c1cc(C(=O)NCc2ccc3c(c2)NC(=O)CO3)nc2c(F)cnn12. The van der Waals surface area contributed by atoms with Crippen LogP contribution in [0.1, 0.15) is 111 Å². The van der Waals surface area contributed by atoms with Crippen molar-refractivity contribution in [2.45, 2.75) is 52.3 Å². The van der Waals surface area contributed by atoms with Crippen molar-refractivity contribution in [1.82, 2.24) is 75.7 Å². The van der Waals surface area contributed by atoms with Crippen molar-refractivity contribution in [2.24, 2.45) is 139 Å². The van der Waals surface area contributed by atoms with E-state index in [0.29, 0.717) is 185 Å². The van der Waals surface area contributed by atoms with Crippen molar-refractivity contribution in [1.29, 1.82) is 0 Å². The highest BCUT2D eigenvalue weighted by molar-refractivity contribution is 6.02. The number of ether oxygens (including phenoxy) is 2. The Labute approximate surface area is 678 Å². The van der Waals surface area contributed by atoms with Crippen LogP contribution in [0.4, 0.5) is 54.0 Å². The Morgan fingerprint density at radius 3 is 1.12 bits per heavy atom. The molecule has 7 N–H and O–H groups in total. The third kappa shape index (κ3) is 8.41. The second-order valence-corrected chi connectivity index (χ2v) is 35.6. The van der Waals surface area contributed by atoms with Gasteiger partial charge in [-0.15, -0.1) is 0 Å². The van der Waals surface area contributed by atoms with Crippen LogP contribution in [-0.4, -0.2) is 136 Å². The minimum absolute atomic E-state index is 0.000591. The molecule has 1 aliphatic heterocycles. The van der Waals surface area contributed by atoms with Gasteiger partial charge in [-0.2, -0.15) is 41.6 Å². The zero-order valence-electron chi connectivity index (χ0n) is 63.8. The number of methoxy groups -OCH3 is 1. The fraction of sp³-hybridized carbons (Fsp3) is 0.446. The second-order valence-electron chi connectivity index (χ2n) is 35.6. The van der Waals surface area contributed by atoms with Gasteiger partial charge in [-0.25, -0.2) is 50.5 Å². The summed E-state index contributed by atoms with van der Waals surface area (Å²) < 4.78 is 162. The van der Waals surface area contributed by atoms with Gasteiger partial charge in [0.15, 0.2) is 41.0 Å². The summed E-state index contributed by atoms with van der Waals surface area (Å²) in [7, 11) is 1.45. The number of halogens is 11. The number of fused-ring (bicyclic) bond motifs is 4. The molecule has 28 rings (SSSR count). The third-order valence-corrected chi connectivity index (χ3v) is 32.5. The number of rotatable bonds is 22. The van der Waals surface area contributed by atoms with Gasteiger partial charge in [0.05, 0.1) is 47.9 Å². The van der Waals surface area contributed by atoms with Gasteiger partial charge in [-0.1, -0.05) is 25.1 Å². The van der Waals surface area contributed by atoms with Crippen LogP contribution < -0.4 is 42.0 Å². The van der Waals surface area contributed by atoms with Crippen LogP contribution >= 0.6 is 0 Å². The Morgan fingerprint density at radius 2 is 0.787 bits per heavy atom. The number of amides is 7. The Kier molecular flexibility index (Phi) is 14.6. The van der Waals surface area contributed by atoms with E-state index in [1.54, 1.807) is 25.1 Å². The molecule has 0 spiro atoms. The van der Waals surface area contributed by atoms with Gasteiger partial charge in [0.25, 0.3) is 41.4 Å². The first-order valence-corrected chi connectivity index (χ1v) is 39.9. The van der Waals surface area contributed by atoms with Crippen molar-refractivity contribution in [2.75, 3.05) is 38.7 Å². The standard InChI is InChI=1S/C28H22F5N5O3.C28H23FN6O6.C27H20F5N5O3/c1-2-16(39)27-20-17-21(27)19-22(27)18(20)26(17,19)9-35-25(41)15-6-14(37-23-13(30)8-36-38(15)23)24(40)34-7-10-3-4-12(29)11(5-10)28(31,32)33;1-40-26(39)28-20-17-21(28)19-22(28)18(20)27(17,19)9-31-25(38)14-5-13(34-23-11(29)7-32-35(14)23)24(37)30-6-10-2-3-15-12(4-10)33-16(36)8-41-15;1-9(38)26-19-16-20(26)18-21(26)17(19)25(16,18)8-34-24(40)15-5-14(36-22-13(29)7-35-37(15)22)23(39)33-6-10-2-3-12(28)11(4-10)27(30,31)32/h3-6,8,17-22H,2,7,9H2,1H3,(H,34,40)(H,35,41);2-5,7,17-22H,6,8-9H2,1H3,(H,30,37)(H,31,38)(H,33,36);2-5,7,16-21H,6,8H2,1H3,(H,33,39)(H,34,40). The van der Waals surface area contributed by atoms with Gasteiger partial charge in [0.1, 0.15) is 63.1 Å². The number of hydrogen-bond acceptors (Lipinski definition) is 18. The number of carbonyl (C=O) groups excluding carboxylic acids is 10. The van der Waals surface area contributed by atoms with Gasteiger partial charge < -0.3 is 46.7 Å². The third-order valence-electron chi connectivity index (χ3n) is 32.5.